The zero-order chi connectivity index (χ0) is 43.1. The molecule has 0 unspecified atom stereocenters. The third-order valence-corrected chi connectivity index (χ3v) is 16.5. The Morgan fingerprint density at radius 3 is 1.16 bits per heavy atom. The molecule has 0 saturated heterocycles. The van der Waals surface area contributed by atoms with Crippen molar-refractivity contribution >= 4 is 102 Å². The van der Waals surface area contributed by atoms with E-state index in [2.05, 4.69) is 173 Å². The molecule has 13 rings (SSSR count). The monoisotopic (exact) mass is 826 g/mol. The number of rotatable bonds is 4. The van der Waals surface area contributed by atoms with Crippen LogP contribution in [0.3, 0.4) is 0 Å². The molecule has 0 amide bonds. The van der Waals surface area contributed by atoms with Gasteiger partial charge in [0.1, 0.15) is 0 Å². The highest BCUT2D eigenvalue weighted by atomic mass is 15.3. The van der Waals surface area contributed by atoms with E-state index in [9.17, 15) is 0 Å². The lowest BCUT2D eigenvalue weighted by Gasteiger charge is -2.49. The van der Waals surface area contributed by atoms with Gasteiger partial charge in [0.05, 0.1) is 22.7 Å². The van der Waals surface area contributed by atoms with Crippen LogP contribution in [0.2, 0.25) is 0 Å². The lowest BCUT2D eigenvalue weighted by atomic mass is 9.33. The molecule has 0 spiro atoms. The van der Waals surface area contributed by atoms with Gasteiger partial charge < -0.3 is 9.80 Å². The molecule has 5 aliphatic rings. The Hall–Kier alpha value is -5.99. The van der Waals surface area contributed by atoms with Crippen molar-refractivity contribution in [3.8, 4) is 0 Å². The van der Waals surface area contributed by atoms with Crippen molar-refractivity contribution in [2.24, 2.45) is 0 Å². The molecule has 0 radical (unpaired) electrons. The first-order chi connectivity index (χ1) is 31.2. The minimum Gasteiger partial charge on any atom is -0.307 e. The summed E-state index contributed by atoms with van der Waals surface area (Å²) in [5.41, 5.74) is 27.4. The fraction of sp³-hybridized carbons (Fsp3) is 0.267. The van der Waals surface area contributed by atoms with Crippen LogP contribution < -0.4 is 42.6 Å². The van der Waals surface area contributed by atoms with Crippen LogP contribution in [-0.4, -0.2) is 13.4 Å². The SMILES string of the molecule is Cc1cc(C)c(B2c3cc4cc(C5CCCC5)ccc4cc3N3c4cccc5c4N(c4cc6ccc(C7CCCC7)cc6cc4B5c4c(C)cc(C)cc4C)c4cccc2c43)c(C)c1. The van der Waals surface area contributed by atoms with Gasteiger partial charge in [-0.1, -0.05) is 167 Å². The fourth-order valence-corrected chi connectivity index (χ4v) is 13.9. The zero-order valence-corrected chi connectivity index (χ0v) is 38.4. The first-order valence-corrected chi connectivity index (χ1v) is 24.4. The maximum Gasteiger partial charge on any atom is 0.247 e. The summed E-state index contributed by atoms with van der Waals surface area (Å²) >= 11 is 0. The van der Waals surface area contributed by atoms with Gasteiger partial charge in [-0.05, 0) is 158 Å². The average Bonchev–Trinajstić information content (AvgIpc) is 4.03. The van der Waals surface area contributed by atoms with Crippen LogP contribution in [0.1, 0.15) is 108 Å². The van der Waals surface area contributed by atoms with Gasteiger partial charge in [-0.15, -0.1) is 0 Å². The summed E-state index contributed by atoms with van der Waals surface area (Å²) in [4.78, 5) is 5.36. The first kappa shape index (κ1) is 38.5. The van der Waals surface area contributed by atoms with E-state index in [1.165, 1.54) is 184 Å². The third-order valence-electron chi connectivity index (χ3n) is 16.5. The predicted molar refractivity (Wildman–Crippen MR) is 277 cm³/mol. The number of benzene rings is 8. The Balaban J connectivity index is 1.11. The van der Waals surface area contributed by atoms with Crippen molar-refractivity contribution in [1.82, 2.24) is 0 Å². The first-order valence-electron chi connectivity index (χ1n) is 24.4. The lowest BCUT2D eigenvalue weighted by Crippen LogP contribution is -2.61. The highest BCUT2D eigenvalue weighted by molar-refractivity contribution is 7.00. The molecule has 4 heteroatoms. The van der Waals surface area contributed by atoms with Gasteiger partial charge in [0.2, 0.25) is 13.4 Å². The molecule has 2 nitrogen and oxygen atoms in total. The Morgan fingerprint density at radius 1 is 0.375 bits per heavy atom. The number of hydrogen-bond donors (Lipinski definition) is 0. The molecule has 2 fully saturated rings. The number of hydrogen-bond acceptors (Lipinski definition) is 2. The van der Waals surface area contributed by atoms with Crippen LogP contribution in [0, 0.1) is 41.5 Å². The van der Waals surface area contributed by atoms with Crippen LogP contribution in [0.5, 0.6) is 0 Å². The van der Waals surface area contributed by atoms with Gasteiger partial charge >= 0.3 is 0 Å². The van der Waals surface area contributed by atoms with Crippen molar-refractivity contribution in [3.63, 3.8) is 0 Å². The van der Waals surface area contributed by atoms with Crippen molar-refractivity contribution in [1.29, 1.82) is 0 Å². The van der Waals surface area contributed by atoms with E-state index < -0.39 is 0 Å². The van der Waals surface area contributed by atoms with Gasteiger partial charge in [-0.2, -0.15) is 0 Å². The van der Waals surface area contributed by atoms with Gasteiger partial charge in [0, 0.05) is 11.4 Å². The quantitative estimate of drug-likeness (QED) is 0.163. The lowest BCUT2D eigenvalue weighted by molar-refractivity contribution is 0.724. The van der Waals surface area contributed by atoms with Crippen molar-refractivity contribution < 1.29 is 0 Å². The molecule has 2 saturated carbocycles. The Kier molecular flexibility index (Phi) is 8.57. The van der Waals surface area contributed by atoms with Gasteiger partial charge in [0.15, 0.2) is 0 Å². The summed E-state index contributed by atoms with van der Waals surface area (Å²) in [5, 5.41) is 5.38. The van der Waals surface area contributed by atoms with E-state index in [-0.39, 0.29) is 13.4 Å². The smallest absolute Gasteiger partial charge is 0.247 e. The van der Waals surface area contributed by atoms with Crippen molar-refractivity contribution in [3.05, 3.63) is 166 Å². The third kappa shape index (κ3) is 5.60. The average molecular weight is 827 g/mol. The van der Waals surface area contributed by atoms with Gasteiger partial charge in [-0.25, -0.2) is 0 Å². The molecule has 3 aliphatic heterocycles. The Labute approximate surface area is 380 Å². The summed E-state index contributed by atoms with van der Waals surface area (Å²) in [6, 6.07) is 49.1. The molecule has 0 atom stereocenters. The zero-order valence-electron chi connectivity index (χ0n) is 38.4. The Bertz CT molecular complexity index is 3030. The molecule has 0 bridgehead atoms. The van der Waals surface area contributed by atoms with Crippen molar-refractivity contribution in [2.45, 2.75) is 105 Å². The summed E-state index contributed by atoms with van der Waals surface area (Å²) in [5.74, 6) is 1.35. The summed E-state index contributed by atoms with van der Waals surface area (Å²) in [6.45, 7) is 14.0. The van der Waals surface area contributed by atoms with E-state index in [0.717, 1.165) is 0 Å². The standard InChI is InChI=1S/C60H56B2N2/c1-35-25-37(3)57(38(4)26-35)61-49-17-11-19-53-59(49)63(55-33-45-23-21-43(41-13-7-8-14-41)29-47(45)31-51(55)61)54-20-12-18-50-60(54)64(53)56-34-46-24-22-44(42-15-9-10-16-42)30-48(46)32-52(56)62(50)58-39(5)27-36(2)28-40(58)6/h11-12,17-34,41-42H,7-10,13-16H2,1-6H3. The number of aryl methyl sites for hydroxylation is 6. The number of nitrogens with zero attached hydrogens (tertiary/aromatic N) is 2. The van der Waals surface area contributed by atoms with Crippen LogP contribution >= 0.6 is 0 Å². The maximum absolute atomic E-state index is 2.68. The second kappa shape index (κ2) is 14.3. The predicted octanol–water partition coefficient (Wildman–Crippen LogP) is 12.1. The minimum absolute atomic E-state index is 0.0894. The molecule has 3 heterocycles. The fourth-order valence-electron chi connectivity index (χ4n) is 13.9. The van der Waals surface area contributed by atoms with Crippen LogP contribution in [0.4, 0.5) is 34.1 Å². The minimum atomic E-state index is 0.0894. The van der Waals surface area contributed by atoms with Gasteiger partial charge in [-0.3, -0.25) is 0 Å². The summed E-state index contributed by atoms with van der Waals surface area (Å²) in [7, 11) is 0. The van der Waals surface area contributed by atoms with Crippen LogP contribution in [0.25, 0.3) is 21.5 Å². The Morgan fingerprint density at radius 2 is 0.766 bits per heavy atom. The van der Waals surface area contributed by atoms with E-state index in [1.54, 1.807) is 0 Å². The highest BCUT2D eigenvalue weighted by Gasteiger charge is 2.47. The number of para-hydroxylation sites is 2. The van der Waals surface area contributed by atoms with E-state index in [1.807, 2.05) is 0 Å². The van der Waals surface area contributed by atoms with E-state index in [4.69, 9.17) is 0 Å². The van der Waals surface area contributed by atoms with E-state index in [0.29, 0.717) is 11.8 Å². The van der Waals surface area contributed by atoms with Crippen molar-refractivity contribution in [2.75, 3.05) is 9.80 Å². The molecule has 0 aromatic heterocycles. The molecule has 8 aromatic rings. The summed E-state index contributed by atoms with van der Waals surface area (Å²) in [6.07, 6.45) is 10.6. The maximum atomic E-state index is 2.68. The summed E-state index contributed by atoms with van der Waals surface area (Å²) < 4.78 is 0. The molecular weight excluding hydrogens is 770 g/mol. The van der Waals surface area contributed by atoms with E-state index >= 15 is 0 Å². The van der Waals surface area contributed by atoms with Crippen LogP contribution in [0.15, 0.2) is 121 Å². The number of fused-ring (bicyclic) bond motifs is 8. The second-order valence-corrected chi connectivity index (χ2v) is 20.6. The molecule has 2 aliphatic carbocycles. The topological polar surface area (TPSA) is 6.48 Å². The normalized spacial score (nSPS) is 16.5. The van der Waals surface area contributed by atoms with Gasteiger partial charge in [0.25, 0.3) is 0 Å². The highest BCUT2D eigenvalue weighted by Crippen LogP contribution is 2.55. The largest absolute Gasteiger partial charge is 0.307 e. The molecular formula is C60H56B2N2. The van der Waals surface area contributed by atoms with Crippen LogP contribution in [-0.2, 0) is 0 Å². The number of anilines is 6. The molecule has 0 N–H and O–H groups in total. The molecule has 8 aromatic carbocycles. The molecule has 312 valence electrons. The second-order valence-electron chi connectivity index (χ2n) is 20.6. The molecule has 64 heavy (non-hydrogen) atoms.